The van der Waals surface area contributed by atoms with Crippen molar-refractivity contribution in [2.45, 2.75) is 60.8 Å². The van der Waals surface area contributed by atoms with Gasteiger partial charge in [0.25, 0.3) is 5.91 Å². The topological polar surface area (TPSA) is 81.2 Å². The minimum atomic E-state index is 0.0455. The van der Waals surface area contributed by atoms with Gasteiger partial charge in [-0.3, -0.25) is 9.59 Å². The SMILES string of the molecule is CC(=O)c1ccc(-c2nc3ccc(C(=O)N(CCC(C)C)CCC(C)C)cc3n2C)cc1.CCCN. The van der Waals surface area contributed by atoms with E-state index in [9.17, 15) is 9.59 Å². The summed E-state index contributed by atoms with van der Waals surface area (Å²) < 4.78 is 2.02. The van der Waals surface area contributed by atoms with Gasteiger partial charge in [0.1, 0.15) is 5.82 Å². The first-order valence-electron chi connectivity index (χ1n) is 13.2. The van der Waals surface area contributed by atoms with E-state index in [2.05, 4.69) is 34.6 Å². The Bertz CT molecular complexity index is 1120. The molecule has 0 saturated carbocycles. The molecule has 0 bridgehead atoms. The summed E-state index contributed by atoms with van der Waals surface area (Å²) in [7, 11) is 1.97. The highest BCUT2D eigenvalue weighted by Gasteiger charge is 2.19. The van der Waals surface area contributed by atoms with Crippen LogP contribution in [0.4, 0.5) is 0 Å². The number of imidazole rings is 1. The highest BCUT2D eigenvalue weighted by Crippen LogP contribution is 2.25. The highest BCUT2D eigenvalue weighted by atomic mass is 16.2. The second-order valence-corrected chi connectivity index (χ2v) is 10.3. The molecule has 0 saturated heterocycles. The van der Waals surface area contributed by atoms with Gasteiger partial charge in [-0.2, -0.15) is 0 Å². The Balaban J connectivity index is 0.00000106. The number of ketones is 1. The van der Waals surface area contributed by atoms with Crippen LogP contribution in [0, 0.1) is 11.8 Å². The van der Waals surface area contributed by atoms with Gasteiger partial charge in [-0.05, 0) is 62.8 Å². The van der Waals surface area contributed by atoms with E-state index in [0.717, 1.165) is 61.3 Å². The van der Waals surface area contributed by atoms with Crippen molar-refractivity contribution in [3.05, 3.63) is 53.6 Å². The van der Waals surface area contributed by atoms with Crippen LogP contribution in [0.5, 0.6) is 0 Å². The quantitative estimate of drug-likeness (QED) is 0.335. The van der Waals surface area contributed by atoms with Crippen LogP contribution in [-0.2, 0) is 7.05 Å². The summed E-state index contributed by atoms with van der Waals surface area (Å²) >= 11 is 0. The largest absolute Gasteiger partial charge is 0.339 e. The lowest BCUT2D eigenvalue weighted by atomic mass is 10.1. The summed E-state index contributed by atoms with van der Waals surface area (Å²) in [5.41, 5.74) is 9.13. The first kappa shape index (κ1) is 29.2. The molecular formula is C30H44N4O2. The smallest absolute Gasteiger partial charge is 0.253 e. The Labute approximate surface area is 216 Å². The van der Waals surface area contributed by atoms with Crippen molar-refractivity contribution in [2.24, 2.45) is 24.6 Å². The Hall–Kier alpha value is -2.99. The number of carbonyl (C=O) groups is 2. The summed E-state index contributed by atoms with van der Waals surface area (Å²) in [6, 6.07) is 13.3. The molecule has 0 atom stereocenters. The fraction of sp³-hybridized carbons (Fsp3) is 0.500. The summed E-state index contributed by atoms with van der Waals surface area (Å²) in [4.78, 5) is 31.7. The number of Topliss-reactive ketones (excluding diaryl/α,β-unsaturated/α-hetero) is 1. The van der Waals surface area contributed by atoms with Crippen LogP contribution in [-0.4, -0.2) is 45.8 Å². The number of carbonyl (C=O) groups excluding carboxylic acids is 2. The molecule has 196 valence electrons. The third-order valence-corrected chi connectivity index (χ3v) is 6.21. The van der Waals surface area contributed by atoms with E-state index < -0.39 is 0 Å². The van der Waals surface area contributed by atoms with E-state index in [1.165, 1.54) is 0 Å². The fourth-order valence-corrected chi connectivity index (χ4v) is 3.76. The van der Waals surface area contributed by atoms with Gasteiger partial charge in [0.2, 0.25) is 0 Å². The van der Waals surface area contributed by atoms with Gasteiger partial charge in [0.15, 0.2) is 5.78 Å². The van der Waals surface area contributed by atoms with E-state index in [0.29, 0.717) is 23.0 Å². The molecule has 3 aromatic rings. The van der Waals surface area contributed by atoms with Gasteiger partial charge in [-0.15, -0.1) is 0 Å². The molecule has 0 radical (unpaired) electrons. The molecule has 0 fully saturated rings. The van der Waals surface area contributed by atoms with E-state index >= 15 is 0 Å². The lowest BCUT2D eigenvalue weighted by Crippen LogP contribution is -2.34. The zero-order valence-corrected chi connectivity index (χ0v) is 23.2. The number of benzene rings is 2. The summed E-state index contributed by atoms with van der Waals surface area (Å²) in [6.45, 7) is 14.8. The summed E-state index contributed by atoms with van der Waals surface area (Å²) in [5, 5.41) is 0. The highest BCUT2D eigenvalue weighted by molar-refractivity contribution is 5.98. The molecule has 0 spiro atoms. The van der Waals surface area contributed by atoms with Gasteiger partial charge in [-0.25, -0.2) is 4.98 Å². The van der Waals surface area contributed by atoms with Crippen molar-refractivity contribution >= 4 is 22.7 Å². The average Bonchev–Trinajstić information content (AvgIpc) is 3.19. The Kier molecular flexibility index (Phi) is 11.3. The van der Waals surface area contributed by atoms with E-state index in [1.807, 2.05) is 59.0 Å². The number of rotatable bonds is 10. The maximum atomic E-state index is 13.4. The molecular weight excluding hydrogens is 448 g/mol. The van der Waals surface area contributed by atoms with Crippen LogP contribution < -0.4 is 5.73 Å². The third kappa shape index (κ3) is 8.02. The predicted octanol–water partition coefficient (Wildman–Crippen LogP) is 6.33. The van der Waals surface area contributed by atoms with Crippen molar-refractivity contribution in [1.29, 1.82) is 0 Å². The fourth-order valence-electron chi connectivity index (χ4n) is 3.76. The molecule has 0 unspecified atom stereocenters. The molecule has 2 aromatic carbocycles. The van der Waals surface area contributed by atoms with Gasteiger partial charge in [0, 0.05) is 36.8 Å². The van der Waals surface area contributed by atoms with E-state index in [-0.39, 0.29) is 11.7 Å². The lowest BCUT2D eigenvalue weighted by molar-refractivity contribution is 0.0740. The molecule has 0 aliphatic heterocycles. The Morgan fingerprint density at radius 2 is 1.47 bits per heavy atom. The Morgan fingerprint density at radius 1 is 0.944 bits per heavy atom. The molecule has 0 aliphatic rings. The van der Waals surface area contributed by atoms with Crippen LogP contribution in [0.25, 0.3) is 22.4 Å². The molecule has 1 aromatic heterocycles. The number of hydrogen-bond acceptors (Lipinski definition) is 4. The molecule has 2 N–H and O–H groups in total. The first-order valence-corrected chi connectivity index (χ1v) is 13.2. The molecule has 1 amide bonds. The van der Waals surface area contributed by atoms with Crippen molar-refractivity contribution in [1.82, 2.24) is 14.5 Å². The molecule has 3 rings (SSSR count). The van der Waals surface area contributed by atoms with Crippen LogP contribution in [0.15, 0.2) is 42.5 Å². The zero-order chi connectivity index (χ0) is 26.8. The van der Waals surface area contributed by atoms with E-state index in [4.69, 9.17) is 10.7 Å². The number of nitrogens with zero attached hydrogens (tertiary/aromatic N) is 3. The Morgan fingerprint density at radius 3 is 1.94 bits per heavy atom. The number of amides is 1. The van der Waals surface area contributed by atoms with Gasteiger partial charge >= 0.3 is 0 Å². The number of aromatic nitrogens is 2. The normalized spacial score (nSPS) is 11.1. The van der Waals surface area contributed by atoms with Gasteiger partial charge < -0.3 is 15.2 Å². The van der Waals surface area contributed by atoms with Crippen molar-refractivity contribution < 1.29 is 9.59 Å². The second-order valence-electron chi connectivity index (χ2n) is 10.3. The zero-order valence-electron chi connectivity index (χ0n) is 23.2. The van der Waals surface area contributed by atoms with Gasteiger partial charge in [0.05, 0.1) is 11.0 Å². The monoisotopic (exact) mass is 492 g/mol. The molecule has 0 aliphatic carbocycles. The van der Waals surface area contributed by atoms with Crippen LogP contribution >= 0.6 is 0 Å². The third-order valence-electron chi connectivity index (χ3n) is 6.21. The van der Waals surface area contributed by atoms with Crippen molar-refractivity contribution in [3.8, 4) is 11.4 Å². The number of fused-ring (bicyclic) bond motifs is 1. The molecule has 6 heteroatoms. The van der Waals surface area contributed by atoms with Crippen LogP contribution in [0.2, 0.25) is 0 Å². The van der Waals surface area contributed by atoms with Crippen LogP contribution in [0.1, 0.15) is 81.5 Å². The number of hydrogen-bond donors (Lipinski definition) is 1. The minimum absolute atomic E-state index is 0.0455. The standard InChI is InChI=1S/C27H35N3O2.C3H9N/c1-18(2)13-15-30(16-14-19(3)4)27(32)23-11-12-24-25(17-23)29(6)26(28-24)22-9-7-21(8-10-22)20(5)31;1-2-3-4/h7-12,17-19H,13-16H2,1-6H3;2-4H2,1H3. The maximum absolute atomic E-state index is 13.4. The maximum Gasteiger partial charge on any atom is 0.253 e. The number of aryl methyl sites for hydroxylation is 1. The van der Waals surface area contributed by atoms with Crippen molar-refractivity contribution in [2.75, 3.05) is 19.6 Å². The van der Waals surface area contributed by atoms with Gasteiger partial charge in [-0.1, -0.05) is 58.9 Å². The lowest BCUT2D eigenvalue weighted by Gasteiger charge is -2.24. The second kappa shape index (κ2) is 13.9. The first-order chi connectivity index (χ1) is 17.1. The predicted molar refractivity (Wildman–Crippen MR) is 150 cm³/mol. The van der Waals surface area contributed by atoms with Crippen molar-refractivity contribution in [3.63, 3.8) is 0 Å². The molecule has 36 heavy (non-hydrogen) atoms. The summed E-state index contributed by atoms with van der Waals surface area (Å²) in [5.74, 6) is 2.06. The number of nitrogens with two attached hydrogens (primary N) is 1. The molecule has 6 nitrogen and oxygen atoms in total. The molecule has 1 heterocycles. The average molecular weight is 493 g/mol. The van der Waals surface area contributed by atoms with Crippen LogP contribution in [0.3, 0.4) is 0 Å². The summed E-state index contributed by atoms with van der Waals surface area (Å²) in [6.07, 6.45) is 3.09. The minimum Gasteiger partial charge on any atom is -0.339 e. The van der Waals surface area contributed by atoms with E-state index in [1.54, 1.807) is 6.92 Å².